The molecule has 2 aromatic rings. The van der Waals surface area contributed by atoms with E-state index in [0.29, 0.717) is 18.2 Å². The number of aromatic nitrogens is 4. The normalized spacial score (nSPS) is 16.6. The van der Waals surface area contributed by atoms with Gasteiger partial charge >= 0.3 is 0 Å². The summed E-state index contributed by atoms with van der Waals surface area (Å²) in [5.74, 6) is 1.22. The van der Waals surface area contributed by atoms with Crippen LogP contribution in [0.3, 0.4) is 0 Å². The lowest BCUT2D eigenvalue weighted by molar-refractivity contribution is -0.119. The van der Waals surface area contributed by atoms with E-state index in [-0.39, 0.29) is 17.9 Å². The number of carbonyl (C=O) groups excluding carboxylic acids is 1. The number of aryl methyl sites for hydroxylation is 1. The van der Waals surface area contributed by atoms with Crippen molar-refractivity contribution in [3.63, 3.8) is 0 Å². The summed E-state index contributed by atoms with van der Waals surface area (Å²) < 4.78 is 1.49. The van der Waals surface area contributed by atoms with Gasteiger partial charge in [-0.25, -0.2) is 4.98 Å². The van der Waals surface area contributed by atoms with Crippen LogP contribution in [0, 0.1) is 6.92 Å². The first-order chi connectivity index (χ1) is 11.5. The minimum atomic E-state index is -0.0479. The third kappa shape index (κ3) is 3.60. The molecular weight excluding hydrogens is 306 g/mol. The fourth-order valence-corrected chi connectivity index (χ4v) is 2.40. The van der Waals surface area contributed by atoms with Gasteiger partial charge in [0.15, 0.2) is 5.82 Å². The molecule has 1 aliphatic rings. The van der Waals surface area contributed by atoms with Crippen LogP contribution in [0.15, 0.2) is 42.1 Å². The molecule has 2 heterocycles. The quantitative estimate of drug-likeness (QED) is 0.782. The van der Waals surface area contributed by atoms with Gasteiger partial charge in [0.05, 0.1) is 6.04 Å². The summed E-state index contributed by atoms with van der Waals surface area (Å²) in [6.45, 7) is 3.41. The van der Waals surface area contributed by atoms with E-state index in [1.54, 1.807) is 0 Å². The first-order valence-corrected chi connectivity index (χ1v) is 7.60. The third-order valence-electron chi connectivity index (χ3n) is 3.47. The number of carbonyl (C=O) groups is 1. The molecule has 0 saturated heterocycles. The summed E-state index contributed by atoms with van der Waals surface area (Å²) in [4.78, 5) is 19.7. The Morgan fingerprint density at radius 2 is 2.21 bits per heavy atom. The van der Waals surface area contributed by atoms with Crippen LogP contribution in [0.2, 0.25) is 0 Å². The molecule has 1 amide bonds. The van der Waals surface area contributed by atoms with Crippen LogP contribution in [-0.4, -0.2) is 31.7 Å². The molecular formula is C16H19N7O. The number of pyridine rings is 1. The number of nitrogens with two attached hydrogens (primary N) is 1. The zero-order chi connectivity index (χ0) is 17.1. The number of hydrogen-bond acceptors (Lipinski definition) is 6. The maximum atomic E-state index is 11.1. The van der Waals surface area contributed by atoms with Gasteiger partial charge in [0.1, 0.15) is 0 Å². The summed E-state index contributed by atoms with van der Waals surface area (Å²) in [5.41, 5.74) is 7.66. The monoisotopic (exact) mass is 325 g/mol. The fraction of sp³-hybridized carbons (Fsp3) is 0.250. The molecule has 8 heteroatoms. The molecule has 24 heavy (non-hydrogen) atoms. The highest BCUT2D eigenvalue weighted by Gasteiger charge is 2.13. The van der Waals surface area contributed by atoms with Crippen LogP contribution in [0.5, 0.6) is 0 Å². The van der Waals surface area contributed by atoms with Gasteiger partial charge in [0.2, 0.25) is 17.8 Å². The number of amides is 1. The van der Waals surface area contributed by atoms with E-state index in [1.165, 1.54) is 11.6 Å². The maximum absolute atomic E-state index is 11.1. The summed E-state index contributed by atoms with van der Waals surface area (Å²) in [6.07, 6.45) is 6.48. The van der Waals surface area contributed by atoms with E-state index in [1.807, 2.05) is 43.4 Å². The van der Waals surface area contributed by atoms with Crippen LogP contribution in [0.25, 0.3) is 5.82 Å². The molecule has 0 bridgehead atoms. The Hall–Kier alpha value is -3.16. The average Bonchev–Trinajstić information content (AvgIpc) is 2.89. The van der Waals surface area contributed by atoms with Crippen LogP contribution in [0.4, 0.5) is 11.9 Å². The summed E-state index contributed by atoms with van der Waals surface area (Å²) in [5, 5.41) is 10.3. The molecule has 8 nitrogen and oxygen atoms in total. The molecule has 1 unspecified atom stereocenters. The molecule has 1 atom stereocenters. The van der Waals surface area contributed by atoms with Crippen molar-refractivity contribution in [1.29, 1.82) is 0 Å². The van der Waals surface area contributed by atoms with E-state index in [2.05, 4.69) is 25.7 Å². The predicted octanol–water partition coefficient (Wildman–Crippen LogP) is 1.31. The van der Waals surface area contributed by atoms with Gasteiger partial charge in [-0.05, 0) is 31.6 Å². The largest absolute Gasteiger partial charge is 0.368 e. The number of anilines is 2. The molecule has 1 aliphatic carbocycles. The SMILES string of the molecule is CC(=O)NC1C=CC(Nc2nc(N)n(-c3cccc(C)n3)n2)=CC1. The average molecular weight is 325 g/mol. The predicted molar refractivity (Wildman–Crippen MR) is 91.4 cm³/mol. The van der Waals surface area contributed by atoms with Crippen LogP contribution in [0.1, 0.15) is 19.0 Å². The Morgan fingerprint density at radius 3 is 2.88 bits per heavy atom. The van der Waals surface area contributed by atoms with Gasteiger partial charge in [0, 0.05) is 18.3 Å². The van der Waals surface area contributed by atoms with Gasteiger partial charge in [-0.3, -0.25) is 4.79 Å². The number of nitrogen functional groups attached to an aromatic ring is 1. The van der Waals surface area contributed by atoms with Crippen molar-refractivity contribution in [2.24, 2.45) is 0 Å². The number of hydrogen-bond donors (Lipinski definition) is 3. The first-order valence-electron chi connectivity index (χ1n) is 7.60. The summed E-state index contributed by atoms with van der Waals surface area (Å²) >= 11 is 0. The van der Waals surface area contributed by atoms with E-state index in [9.17, 15) is 4.79 Å². The zero-order valence-electron chi connectivity index (χ0n) is 13.5. The van der Waals surface area contributed by atoms with Crippen molar-refractivity contribution in [3.05, 3.63) is 47.8 Å². The molecule has 2 aromatic heterocycles. The lowest BCUT2D eigenvalue weighted by Gasteiger charge is -2.16. The van der Waals surface area contributed by atoms with Crippen molar-refractivity contribution < 1.29 is 4.79 Å². The Balaban J connectivity index is 1.72. The van der Waals surface area contributed by atoms with Crippen LogP contribution in [-0.2, 0) is 4.79 Å². The third-order valence-corrected chi connectivity index (χ3v) is 3.47. The molecule has 124 valence electrons. The van der Waals surface area contributed by atoms with Crippen molar-refractivity contribution in [3.8, 4) is 5.82 Å². The Labute approximate surface area is 139 Å². The lowest BCUT2D eigenvalue weighted by Crippen LogP contribution is -2.32. The van der Waals surface area contributed by atoms with E-state index in [0.717, 1.165) is 11.4 Å². The molecule has 0 aromatic carbocycles. The standard InChI is InChI=1S/C16H19N7O/c1-10-4-3-5-14(18-10)23-15(17)21-16(22-23)20-13-8-6-12(7-9-13)19-11(2)24/h3-6,8-9,12H,7H2,1-2H3,(H,19,24)(H3,17,20,21,22). The maximum Gasteiger partial charge on any atom is 0.248 e. The molecule has 4 N–H and O–H groups in total. The van der Waals surface area contributed by atoms with Crippen molar-refractivity contribution >= 4 is 17.8 Å². The Kier molecular flexibility index (Phi) is 4.28. The first kappa shape index (κ1) is 15.7. The van der Waals surface area contributed by atoms with E-state index < -0.39 is 0 Å². The minimum absolute atomic E-state index is 0.0140. The highest BCUT2D eigenvalue weighted by Crippen LogP contribution is 2.16. The van der Waals surface area contributed by atoms with Gasteiger partial charge in [-0.1, -0.05) is 18.2 Å². The lowest BCUT2D eigenvalue weighted by atomic mass is 10.1. The highest BCUT2D eigenvalue weighted by atomic mass is 16.1. The van der Waals surface area contributed by atoms with Gasteiger partial charge in [-0.2, -0.15) is 9.67 Å². The van der Waals surface area contributed by atoms with Crippen molar-refractivity contribution in [2.45, 2.75) is 26.3 Å². The molecule has 3 rings (SSSR count). The van der Waals surface area contributed by atoms with Crippen molar-refractivity contribution in [2.75, 3.05) is 11.1 Å². The van der Waals surface area contributed by atoms with Crippen molar-refractivity contribution in [1.82, 2.24) is 25.1 Å². The second kappa shape index (κ2) is 6.53. The number of rotatable bonds is 4. The molecule has 0 saturated carbocycles. The fourth-order valence-electron chi connectivity index (χ4n) is 2.40. The summed E-state index contributed by atoms with van der Waals surface area (Å²) in [6, 6.07) is 5.62. The zero-order valence-corrected chi connectivity index (χ0v) is 13.5. The second-order valence-corrected chi connectivity index (χ2v) is 5.53. The molecule has 0 spiro atoms. The topological polar surface area (TPSA) is 111 Å². The number of nitrogens with zero attached hydrogens (tertiary/aromatic N) is 4. The Bertz CT molecular complexity index is 822. The summed E-state index contributed by atoms with van der Waals surface area (Å²) in [7, 11) is 0. The molecule has 0 fully saturated rings. The smallest absolute Gasteiger partial charge is 0.248 e. The minimum Gasteiger partial charge on any atom is -0.368 e. The van der Waals surface area contributed by atoms with Crippen LogP contribution < -0.4 is 16.4 Å². The Morgan fingerprint density at radius 1 is 1.38 bits per heavy atom. The van der Waals surface area contributed by atoms with E-state index in [4.69, 9.17) is 5.73 Å². The van der Waals surface area contributed by atoms with E-state index >= 15 is 0 Å². The number of nitrogens with one attached hydrogen (secondary N) is 2. The molecule has 0 radical (unpaired) electrons. The second-order valence-electron chi connectivity index (χ2n) is 5.53. The van der Waals surface area contributed by atoms with Gasteiger partial charge in [0.25, 0.3) is 0 Å². The number of allylic oxidation sites excluding steroid dienone is 1. The van der Waals surface area contributed by atoms with Crippen LogP contribution >= 0.6 is 0 Å². The van der Waals surface area contributed by atoms with Gasteiger partial charge < -0.3 is 16.4 Å². The van der Waals surface area contributed by atoms with Gasteiger partial charge in [-0.15, -0.1) is 5.10 Å². The highest BCUT2D eigenvalue weighted by molar-refractivity contribution is 5.73. The molecule has 0 aliphatic heterocycles.